The number of nitrogens with zero attached hydrogens (tertiary/aromatic N) is 3. The lowest BCUT2D eigenvalue weighted by atomic mass is 10.0. The molecule has 1 unspecified atom stereocenters. The maximum atomic E-state index is 12.6. The van der Waals surface area contributed by atoms with Gasteiger partial charge in [0, 0.05) is 36.3 Å². The van der Waals surface area contributed by atoms with E-state index in [0.717, 1.165) is 64.0 Å². The lowest BCUT2D eigenvalue weighted by Gasteiger charge is -2.25. The van der Waals surface area contributed by atoms with E-state index in [2.05, 4.69) is 34.7 Å². The second kappa shape index (κ2) is 16.6. The molecule has 1 amide bonds. The summed E-state index contributed by atoms with van der Waals surface area (Å²) in [4.78, 5) is 36.1. The predicted octanol–water partition coefficient (Wildman–Crippen LogP) is 8.72. The third kappa shape index (κ3) is 10.1. The number of esters is 1. The minimum Gasteiger partial charge on any atom is -0.493 e. The summed E-state index contributed by atoms with van der Waals surface area (Å²) in [6.07, 6.45) is 3.66. The molecular formula is C37H48N4O6S. The first kappa shape index (κ1) is 36.5. The molecule has 11 heteroatoms. The van der Waals surface area contributed by atoms with Crippen molar-refractivity contribution in [3.8, 4) is 22.6 Å². The normalized spacial score (nSPS) is 12.0. The number of anilines is 1. The van der Waals surface area contributed by atoms with Gasteiger partial charge in [-0.3, -0.25) is 4.79 Å². The second-order valence-corrected chi connectivity index (χ2v) is 13.8. The van der Waals surface area contributed by atoms with Crippen LogP contribution in [-0.4, -0.2) is 60.4 Å². The maximum absolute atomic E-state index is 12.6. The zero-order valence-electron chi connectivity index (χ0n) is 29.3. The number of carbonyl (C=O) groups is 2. The third-order valence-electron chi connectivity index (χ3n) is 7.69. The van der Waals surface area contributed by atoms with Crippen LogP contribution in [0.1, 0.15) is 82.1 Å². The molecule has 0 aliphatic heterocycles. The van der Waals surface area contributed by atoms with Gasteiger partial charge in [0.15, 0.2) is 11.5 Å². The van der Waals surface area contributed by atoms with E-state index in [9.17, 15) is 9.59 Å². The van der Waals surface area contributed by atoms with Gasteiger partial charge < -0.3 is 29.2 Å². The number of unbranched alkanes of at least 4 members (excludes halogenated alkanes) is 3. The van der Waals surface area contributed by atoms with Crippen LogP contribution >= 0.6 is 11.3 Å². The largest absolute Gasteiger partial charge is 0.493 e. The number of nitrogens with one attached hydrogen (secondary N) is 1. The van der Waals surface area contributed by atoms with Gasteiger partial charge in [-0.15, -0.1) is 11.3 Å². The van der Waals surface area contributed by atoms with Crippen molar-refractivity contribution in [3.05, 3.63) is 64.1 Å². The van der Waals surface area contributed by atoms with Gasteiger partial charge in [-0.2, -0.15) is 0 Å². The zero-order chi connectivity index (χ0) is 34.8. The summed E-state index contributed by atoms with van der Waals surface area (Å²) in [6.45, 7) is 10.6. The number of thiophene rings is 1. The van der Waals surface area contributed by atoms with E-state index in [0.29, 0.717) is 36.9 Å². The van der Waals surface area contributed by atoms with Crippen molar-refractivity contribution in [1.29, 1.82) is 0 Å². The van der Waals surface area contributed by atoms with Gasteiger partial charge in [-0.25, -0.2) is 14.8 Å². The van der Waals surface area contributed by atoms with Gasteiger partial charge in [0.2, 0.25) is 0 Å². The topological polar surface area (TPSA) is 112 Å². The van der Waals surface area contributed by atoms with Crippen LogP contribution in [0.15, 0.2) is 47.8 Å². The van der Waals surface area contributed by atoms with Crippen LogP contribution in [0.4, 0.5) is 10.6 Å². The van der Waals surface area contributed by atoms with Crippen molar-refractivity contribution in [1.82, 2.24) is 14.9 Å². The zero-order valence-corrected chi connectivity index (χ0v) is 30.2. The van der Waals surface area contributed by atoms with E-state index in [1.165, 1.54) is 7.11 Å². The van der Waals surface area contributed by atoms with Crippen LogP contribution in [0, 0.1) is 6.92 Å². The highest BCUT2D eigenvalue weighted by Gasteiger charge is 2.21. The van der Waals surface area contributed by atoms with Gasteiger partial charge in [0.25, 0.3) is 0 Å². The minimum atomic E-state index is -0.555. The number of carbonyl (C=O) groups excluding carboxylic acids is 2. The molecule has 2 heterocycles. The Kier molecular flexibility index (Phi) is 12.6. The van der Waals surface area contributed by atoms with E-state index in [1.54, 1.807) is 30.4 Å². The first-order valence-corrected chi connectivity index (χ1v) is 17.2. The number of aryl methyl sites for hydroxylation is 1. The standard InChI is InChI=1S/C37H48N4O6S/c1-24(33-19-27(23-48-33)28-16-13-12-15-26(28)22-41(6)36(43)47-37(3,4)5)38-35-29-20-31(44-7)32(21-30(29)39-25(2)40-35)46-18-14-10-9-11-17-34(42)45-8/h12-13,15-16,19-21,23-24H,9-11,14,17-18,22H2,1-8H3,(H,38,39,40). The molecule has 0 aliphatic rings. The Labute approximate surface area is 287 Å². The molecule has 1 atom stereocenters. The SMILES string of the molecule is COC(=O)CCCCCCOc1cc2nc(C)nc(NC(C)c3cc(-c4ccccc4CN(C)C(=O)OC(C)(C)C)cs3)c2cc1OC. The number of benzene rings is 2. The highest BCUT2D eigenvalue weighted by atomic mass is 32.1. The van der Waals surface area contributed by atoms with Crippen molar-refractivity contribution in [2.45, 2.75) is 84.9 Å². The van der Waals surface area contributed by atoms with Gasteiger partial charge in [-0.1, -0.05) is 37.1 Å². The Bertz CT molecular complexity index is 1700. The summed E-state index contributed by atoms with van der Waals surface area (Å²) >= 11 is 1.67. The number of rotatable bonds is 15. The monoisotopic (exact) mass is 676 g/mol. The molecule has 2 aromatic carbocycles. The maximum Gasteiger partial charge on any atom is 0.410 e. The number of ether oxygens (including phenoxy) is 4. The molecule has 0 aliphatic carbocycles. The molecule has 48 heavy (non-hydrogen) atoms. The van der Waals surface area contributed by atoms with Crippen LogP contribution in [-0.2, 0) is 20.8 Å². The summed E-state index contributed by atoms with van der Waals surface area (Å²) in [7, 11) is 4.80. The molecule has 0 bridgehead atoms. The first-order valence-electron chi connectivity index (χ1n) is 16.3. The van der Waals surface area contributed by atoms with Gasteiger partial charge >= 0.3 is 12.1 Å². The molecular weight excluding hydrogens is 628 g/mol. The molecule has 258 valence electrons. The summed E-state index contributed by atoms with van der Waals surface area (Å²) < 4.78 is 22.1. The summed E-state index contributed by atoms with van der Waals surface area (Å²) in [6, 6.07) is 14.1. The van der Waals surface area contributed by atoms with Gasteiger partial charge in [0.05, 0.1) is 32.4 Å². The Morgan fingerprint density at radius 3 is 2.48 bits per heavy atom. The Morgan fingerprint density at radius 1 is 1.00 bits per heavy atom. The van der Waals surface area contributed by atoms with Crippen LogP contribution in [0.2, 0.25) is 0 Å². The predicted molar refractivity (Wildman–Crippen MR) is 191 cm³/mol. The number of fused-ring (bicyclic) bond motifs is 1. The lowest BCUT2D eigenvalue weighted by Crippen LogP contribution is -2.33. The van der Waals surface area contributed by atoms with Crippen molar-refractivity contribution < 1.29 is 28.5 Å². The number of methoxy groups -OCH3 is 2. The molecule has 4 aromatic rings. The van der Waals surface area contributed by atoms with Crippen molar-refractivity contribution >= 4 is 40.1 Å². The fourth-order valence-electron chi connectivity index (χ4n) is 5.24. The van der Waals surface area contributed by atoms with Gasteiger partial charge in [0.1, 0.15) is 17.2 Å². The van der Waals surface area contributed by atoms with E-state index in [-0.39, 0.29) is 18.1 Å². The summed E-state index contributed by atoms with van der Waals surface area (Å²) in [5.74, 6) is 2.44. The minimum absolute atomic E-state index is 0.0426. The molecule has 0 saturated carbocycles. The van der Waals surface area contributed by atoms with E-state index in [1.807, 2.05) is 58.0 Å². The van der Waals surface area contributed by atoms with Crippen LogP contribution in [0.25, 0.3) is 22.0 Å². The van der Waals surface area contributed by atoms with Crippen molar-refractivity contribution in [2.24, 2.45) is 0 Å². The number of amides is 1. The molecule has 10 nitrogen and oxygen atoms in total. The summed E-state index contributed by atoms with van der Waals surface area (Å²) in [5.41, 5.74) is 3.41. The first-order chi connectivity index (χ1) is 22.9. The van der Waals surface area contributed by atoms with E-state index in [4.69, 9.17) is 23.9 Å². The quantitative estimate of drug-likeness (QED) is 0.0976. The molecule has 0 radical (unpaired) electrons. The molecule has 1 N–H and O–H groups in total. The number of hydrogen-bond donors (Lipinski definition) is 1. The fraction of sp³-hybridized carbons (Fsp3) is 0.459. The third-order valence-corrected chi connectivity index (χ3v) is 8.81. The van der Waals surface area contributed by atoms with E-state index >= 15 is 0 Å². The van der Waals surface area contributed by atoms with Gasteiger partial charge in [-0.05, 0) is 81.7 Å². The average Bonchev–Trinajstić information content (AvgIpc) is 3.53. The highest BCUT2D eigenvalue weighted by molar-refractivity contribution is 7.10. The summed E-state index contributed by atoms with van der Waals surface area (Å²) in [5, 5.41) is 6.59. The number of aromatic nitrogens is 2. The Balaban J connectivity index is 1.46. The molecule has 0 saturated heterocycles. The van der Waals surface area contributed by atoms with Crippen molar-refractivity contribution in [3.63, 3.8) is 0 Å². The second-order valence-electron chi connectivity index (χ2n) is 12.8. The smallest absolute Gasteiger partial charge is 0.410 e. The van der Waals surface area contributed by atoms with E-state index < -0.39 is 5.60 Å². The highest BCUT2D eigenvalue weighted by Crippen LogP contribution is 2.37. The Morgan fingerprint density at radius 2 is 1.75 bits per heavy atom. The molecule has 0 fully saturated rings. The van der Waals surface area contributed by atoms with Crippen LogP contribution in [0.5, 0.6) is 11.5 Å². The molecule has 4 rings (SSSR count). The lowest BCUT2D eigenvalue weighted by molar-refractivity contribution is -0.140. The number of hydrogen-bond acceptors (Lipinski definition) is 10. The molecule has 2 aromatic heterocycles. The Hall–Kier alpha value is -4.38. The van der Waals surface area contributed by atoms with Crippen LogP contribution in [0.3, 0.4) is 0 Å². The average molecular weight is 677 g/mol. The fourth-order valence-corrected chi connectivity index (χ4v) is 6.16. The van der Waals surface area contributed by atoms with Crippen molar-refractivity contribution in [2.75, 3.05) is 33.2 Å². The molecule has 0 spiro atoms. The van der Waals surface area contributed by atoms with Crippen LogP contribution < -0.4 is 14.8 Å².